The van der Waals surface area contributed by atoms with Crippen LogP contribution in [-0.4, -0.2) is 23.0 Å². The van der Waals surface area contributed by atoms with Crippen LogP contribution in [-0.2, 0) is 19.1 Å². The molecule has 0 aliphatic carbocycles. The van der Waals surface area contributed by atoms with Crippen LogP contribution in [0.1, 0.15) is 92.4 Å². The molecule has 0 spiro atoms. The molecule has 0 aromatic carbocycles. The van der Waals surface area contributed by atoms with E-state index in [0.717, 1.165) is 42.7 Å². The maximum absolute atomic E-state index is 11.6. The number of rotatable bonds is 15. The first kappa shape index (κ1) is 27.1. The largest absolute Gasteiger partial charge is 0.478 e. The molecule has 0 aromatic heterocycles. The standard InChI is InChI=1S/C24H40O5/c1-18(2)9-6-10-19(3)11-7-12-20(4)13-8-14-21(5)17-24(28)29-23(27)16-15-22(25)26/h15-20H,6-14H2,1-5H3,(H,25,26)/b16-15-,21-17+/t19-,20-/m1/s1. The van der Waals surface area contributed by atoms with Gasteiger partial charge in [-0.05, 0) is 37.5 Å². The van der Waals surface area contributed by atoms with Crippen molar-refractivity contribution in [2.75, 3.05) is 0 Å². The van der Waals surface area contributed by atoms with E-state index in [9.17, 15) is 14.4 Å². The van der Waals surface area contributed by atoms with Crippen LogP contribution in [0.15, 0.2) is 23.8 Å². The minimum absolute atomic E-state index is 0.639. The van der Waals surface area contributed by atoms with Gasteiger partial charge in [0.05, 0.1) is 0 Å². The number of allylic oxidation sites excluding steroid dienone is 1. The minimum Gasteiger partial charge on any atom is -0.478 e. The monoisotopic (exact) mass is 408 g/mol. The number of ether oxygens (including phenoxy) is 1. The Morgan fingerprint density at radius 3 is 1.83 bits per heavy atom. The van der Waals surface area contributed by atoms with Crippen LogP contribution >= 0.6 is 0 Å². The highest BCUT2D eigenvalue weighted by Gasteiger charge is 2.08. The highest BCUT2D eigenvalue weighted by Crippen LogP contribution is 2.22. The summed E-state index contributed by atoms with van der Waals surface area (Å²) in [5, 5.41) is 8.43. The maximum Gasteiger partial charge on any atom is 0.338 e. The second kappa shape index (κ2) is 15.9. The van der Waals surface area contributed by atoms with Crippen LogP contribution in [0.2, 0.25) is 0 Å². The fourth-order valence-corrected chi connectivity index (χ4v) is 3.28. The average Bonchev–Trinajstić information content (AvgIpc) is 2.59. The van der Waals surface area contributed by atoms with E-state index in [2.05, 4.69) is 32.4 Å². The van der Waals surface area contributed by atoms with Gasteiger partial charge < -0.3 is 9.84 Å². The van der Waals surface area contributed by atoms with Crippen molar-refractivity contribution in [2.45, 2.75) is 92.4 Å². The summed E-state index contributed by atoms with van der Waals surface area (Å²) >= 11 is 0. The second-order valence-electron chi connectivity index (χ2n) is 8.76. The van der Waals surface area contributed by atoms with E-state index in [1.165, 1.54) is 44.6 Å². The van der Waals surface area contributed by atoms with Crippen molar-refractivity contribution in [1.82, 2.24) is 0 Å². The Morgan fingerprint density at radius 1 is 0.793 bits per heavy atom. The molecule has 0 rings (SSSR count). The number of carbonyl (C=O) groups excluding carboxylic acids is 2. The summed E-state index contributed by atoms with van der Waals surface area (Å²) < 4.78 is 4.51. The smallest absolute Gasteiger partial charge is 0.338 e. The first-order valence-electron chi connectivity index (χ1n) is 10.9. The van der Waals surface area contributed by atoms with E-state index in [1.54, 1.807) is 0 Å². The Hall–Kier alpha value is -1.91. The fourth-order valence-electron chi connectivity index (χ4n) is 3.28. The van der Waals surface area contributed by atoms with E-state index in [4.69, 9.17) is 5.11 Å². The molecule has 29 heavy (non-hydrogen) atoms. The molecule has 2 atom stereocenters. The zero-order chi connectivity index (χ0) is 22.2. The van der Waals surface area contributed by atoms with Crippen LogP contribution in [0.4, 0.5) is 0 Å². The molecule has 5 nitrogen and oxygen atoms in total. The fraction of sp³-hybridized carbons (Fsp3) is 0.708. The Balaban J connectivity index is 3.95. The zero-order valence-corrected chi connectivity index (χ0v) is 18.9. The van der Waals surface area contributed by atoms with Crippen molar-refractivity contribution in [3.05, 3.63) is 23.8 Å². The molecule has 1 N–H and O–H groups in total. The van der Waals surface area contributed by atoms with E-state index in [0.29, 0.717) is 12.0 Å². The van der Waals surface area contributed by atoms with Gasteiger partial charge in [-0.15, -0.1) is 0 Å². The van der Waals surface area contributed by atoms with Gasteiger partial charge in [0.25, 0.3) is 0 Å². The second-order valence-corrected chi connectivity index (χ2v) is 8.76. The van der Waals surface area contributed by atoms with Crippen LogP contribution in [0.25, 0.3) is 0 Å². The van der Waals surface area contributed by atoms with Crippen molar-refractivity contribution in [3.8, 4) is 0 Å². The minimum atomic E-state index is -1.27. The molecule has 0 heterocycles. The molecule has 0 amide bonds. The highest BCUT2D eigenvalue weighted by molar-refractivity contribution is 5.99. The van der Waals surface area contributed by atoms with Gasteiger partial charge in [-0.1, -0.05) is 78.2 Å². The lowest BCUT2D eigenvalue weighted by atomic mass is 9.91. The summed E-state index contributed by atoms with van der Waals surface area (Å²) in [6.45, 7) is 11.0. The molecule has 5 heteroatoms. The van der Waals surface area contributed by atoms with Crippen LogP contribution < -0.4 is 0 Å². The summed E-state index contributed by atoms with van der Waals surface area (Å²) in [6, 6.07) is 0. The summed E-state index contributed by atoms with van der Waals surface area (Å²) in [4.78, 5) is 33.2. The Kier molecular flexibility index (Phi) is 14.9. The number of hydrogen-bond acceptors (Lipinski definition) is 4. The molecule has 0 radical (unpaired) electrons. The Labute approximate surface area is 176 Å². The molecule has 0 bridgehead atoms. The molecule has 0 aliphatic heterocycles. The van der Waals surface area contributed by atoms with Gasteiger partial charge in [0.2, 0.25) is 0 Å². The van der Waals surface area contributed by atoms with E-state index in [-0.39, 0.29) is 0 Å². The predicted octanol–water partition coefficient (Wildman–Crippen LogP) is 6.08. The predicted molar refractivity (Wildman–Crippen MR) is 116 cm³/mol. The molecule has 166 valence electrons. The third kappa shape index (κ3) is 17.9. The summed E-state index contributed by atoms with van der Waals surface area (Å²) in [5.41, 5.74) is 0.857. The molecule has 0 aliphatic rings. The zero-order valence-electron chi connectivity index (χ0n) is 18.9. The first-order valence-corrected chi connectivity index (χ1v) is 10.9. The van der Waals surface area contributed by atoms with Gasteiger partial charge in [-0.3, -0.25) is 0 Å². The lowest BCUT2D eigenvalue weighted by molar-refractivity contribution is -0.152. The molecule has 0 saturated heterocycles. The maximum atomic E-state index is 11.6. The number of carboxylic acid groups (broad SMARTS) is 1. The Bertz CT molecular complexity index is 560. The van der Waals surface area contributed by atoms with Gasteiger partial charge in [-0.2, -0.15) is 0 Å². The lowest BCUT2D eigenvalue weighted by Gasteiger charge is -2.15. The molecule has 0 unspecified atom stereocenters. The van der Waals surface area contributed by atoms with E-state index in [1.807, 2.05) is 6.92 Å². The van der Waals surface area contributed by atoms with Crippen molar-refractivity contribution in [1.29, 1.82) is 0 Å². The van der Waals surface area contributed by atoms with Crippen molar-refractivity contribution >= 4 is 17.9 Å². The number of carbonyl (C=O) groups is 3. The van der Waals surface area contributed by atoms with Gasteiger partial charge in [0.1, 0.15) is 0 Å². The number of carboxylic acids is 1. The summed E-state index contributed by atoms with van der Waals surface area (Å²) in [6.07, 6.45) is 13.4. The SMILES string of the molecule is C/C(=C\C(=O)OC(=O)/C=C\C(=O)O)CCC[C@H](C)CCC[C@H](C)CCCC(C)C. The molecular weight excluding hydrogens is 368 g/mol. The Morgan fingerprint density at radius 2 is 1.31 bits per heavy atom. The number of esters is 2. The van der Waals surface area contributed by atoms with E-state index < -0.39 is 17.9 Å². The van der Waals surface area contributed by atoms with Gasteiger partial charge in [0, 0.05) is 18.2 Å². The molecular formula is C24H40O5. The van der Waals surface area contributed by atoms with Gasteiger partial charge in [-0.25, -0.2) is 14.4 Å². The van der Waals surface area contributed by atoms with Gasteiger partial charge >= 0.3 is 17.9 Å². The lowest BCUT2D eigenvalue weighted by Crippen LogP contribution is -2.08. The third-order valence-electron chi connectivity index (χ3n) is 5.07. The van der Waals surface area contributed by atoms with Crippen LogP contribution in [0.5, 0.6) is 0 Å². The third-order valence-corrected chi connectivity index (χ3v) is 5.07. The molecule has 0 aromatic rings. The van der Waals surface area contributed by atoms with Crippen molar-refractivity contribution in [2.24, 2.45) is 17.8 Å². The molecule has 0 fully saturated rings. The summed E-state index contributed by atoms with van der Waals surface area (Å²) in [7, 11) is 0. The average molecular weight is 409 g/mol. The summed E-state index contributed by atoms with van der Waals surface area (Å²) in [5.74, 6) is -0.729. The van der Waals surface area contributed by atoms with Crippen molar-refractivity contribution < 1.29 is 24.2 Å². The quantitative estimate of drug-likeness (QED) is 0.202. The normalized spacial score (nSPS) is 14.2. The van der Waals surface area contributed by atoms with Crippen LogP contribution in [0.3, 0.4) is 0 Å². The molecule has 0 saturated carbocycles. The van der Waals surface area contributed by atoms with Gasteiger partial charge in [0.15, 0.2) is 0 Å². The highest BCUT2D eigenvalue weighted by atomic mass is 16.6. The first-order chi connectivity index (χ1) is 13.6. The van der Waals surface area contributed by atoms with E-state index >= 15 is 0 Å². The van der Waals surface area contributed by atoms with Crippen LogP contribution in [0, 0.1) is 17.8 Å². The number of aliphatic carboxylic acids is 1. The number of hydrogen-bond donors (Lipinski definition) is 1. The van der Waals surface area contributed by atoms with Crippen molar-refractivity contribution in [3.63, 3.8) is 0 Å². The topological polar surface area (TPSA) is 80.7 Å².